The number of benzene rings is 1. The van der Waals surface area contributed by atoms with E-state index in [9.17, 15) is 4.79 Å². The second kappa shape index (κ2) is 8.33. The van der Waals surface area contributed by atoms with E-state index < -0.39 is 0 Å². The molecule has 0 unspecified atom stereocenters. The lowest BCUT2D eigenvalue weighted by molar-refractivity contribution is -0.120. The molecule has 1 fully saturated rings. The number of likely N-dealkylation sites (tertiary alicyclic amines) is 1. The van der Waals surface area contributed by atoms with Crippen molar-refractivity contribution in [2.24, 2.45) is 0 Å². The third-order valence-corrected chi connectivity index (χ3v) is 4.66. The summed E-state index contributed by atoms with van der Waals surface area (Å²) in [6.07, 6.45) is 6.35. The standard InChI is InChI=1S/C19H30N2O/c1-15(2)17-11-7-8-12-18(17)20-19(22)16(3)21-13-9-5-4-6-10-14-21/h7-8,11-12,15-16H,4-6,9-10,13-14H2,1-3H3,(H,20,22)/t16-/m0/s1. The molecule has 22 heavy (non-hydrogen) atoms. The third-order valence-electron chi connectivity index (χ3n) is 4.66. The van der Waals surface area contributed by atoms with Crippen LogP contribution in [0.5, 0.6) is 0 Å². The number of rotatable bonds is 4. The lowest BCUT2D eigenvalue weighted by Gasteiger charge is -2.30. The second-order valence-electron chi connectivity index (χ2n) is 6.71. The molecule has 1 heterocycles. The SMILES string of the molecule is CC(C)c1ccccc1NC(=O)[C@H](C)N1CCCCCCC1. The molecule has 122 valence electrons. The van der Waals surface area contributed by atoms with Crippen LogP contribution in [-0.2, 0) is 4.79 Å². The first-order chi connectivity index (χ1) is 10.6. The number of para-hydroxylation sites is 1. The van der Waals surface area contributed by atoms with Crippen molar-refractivity contribution in [2.75, 3.05) is 18.4 Å². The van der Waals surface area contributed by atoms with Crippen molar-refractivity contribution in [1.82, 2.24) is 4.90 Å². The van der Waals surface area contributed by atoms with Gasteiger partial charge < -0.3 is 5.32 Å². The summed E-state index contributed by atoms with van der Waals surface area (Å²) in [6.45, 7) is 8.44. The molecule has 1 aromatic carbocycles. The van der Waals surface area contributed by atoms with Gasteiger partial charge in [0.15, 0.2) is 0 Å². The van der Waals surface area contributed by atoms with Gasteiger partial charge in [-0.2, -0.15) is 0 Å². The van der Waals surface area contributed by atoms with Crippen LogP contribution in [0.2, 0.25) is 0 Å². The second-order valence-corrected chi connectivity index (χ2v) is 6.71. The molecule has 2 rings (SSSR count). The zero-order valence-corrected chi connectivity index (χ0v) is 14.3. The van der Waals surface area contributed by atoms with Crippen LogP contribution in [0.15, 0.2) is 24.3 Å². The van der Waals surface area contributed by atoms with E-state index in [-0.39, 0.29) is 11.9 Å². The van der Waals surface area contributed by atoms with Gasteiger partial charge in [0.05, 0.1) is 6.04 Å². The third kappa shape index (κ3) is 4.57. The quantitative estimate of drug-likeness (QED) is 0.894. The Morgan fingerprint density at radius 1 is 1.00 bits per heavy atom. The van der Waals surface area contributed by atoms with Gasteiger partial charge in [-0.05, 0) is 50.4 Å². The molecule has 1 aliphatic rings. The summed E-state index contributed by atoms with van der Waals surface area (Å²) in [4.78, 5) is 15.0. The van der Waals surface area contributed by atoms with Crippen LogP contribution >= 0.6 is 0 Å². The van der Waals surface area contributed by atoms with Gasteiger partial charge in [0.1, 0.15) is 0 Å². The van der Waals surface area contributed by atoms with Crippen molar-refractivity contribution in [3.63, 3.8) is 0 Å². The highest BCUT2D eigenvalue weighted by Gasteiger charge is 2.22. The molecule has 1 amide bonds. The molecule has 0 bridgehead atoms. The summed E-state index contributed by atoms with van der Waals surface area (Å²) in [6, 6.07) is 8.07. The van der Waals surface area contributed by atoms with Gasteiger partial charge >= 0.3 is 0 Å². The molecule has 3 nitrogen and oxygen atoms in total. The zero-order valence-electron chi connectivity index (χ0n) is 14.3. The van der Waals surface area contributed by atoms with Gasteiger partial charge in [0.25, 0.3) is 0 Å². The fourth-order valence-electron chi connectivity index (χ4n) is 3.18. The topological polar surface area (TPSA) is 32.3 Å². The van der Waals surface area contributed by atoms with E-state index >= 15 is 0 Å². The minimum Gasteiger partial charge on any atom is -0.324 e. The van der Waals surface area contributed by atoms with Crippen LogP contribution in [0.25, 0.3) is 0 Å². The molecule has 0 aliphatic carbocycles. The van der Waals surface area contributed by atoms with Gasteiger partial charge in [-0.3, -0.25) is 9.69 Å². The average molecular weight is 302 g/mol. The van der Waals surface area contributed by atoms with Gasteiger partial charge in [-0.1, -0.05) is 51.3 Å². The number of hydrogen-bond acceptors (Lipinski definition) is 2. The molecule has 1 saturated heterocycles. The van der Waals surface area contributed by atoms with E-state index in [4.69, 9.17) is 0 Å². The van der Waals surface area contributed by atoms with Crippen LogP contribution in [0.3, 0.4) is 0 Å². The number of amides is 1. The van der Waals surface area contributed by atoms with Crippen LogP contribution < -0.4 is 5.32 Å². The maximum Gasteiger partial charge on any atom is 0.241 e. The van der Waals surface area contributed by atoms with Crippen molar-refractivity contribution in [3.05, 3.63) is 29.8 Å². The highest BCUT2D eigenvalue weighted by atomic mass is 16.2. The van der Waals surface area contributed by atoms with E-state index in [1.165, 1.54) is 37.7 Å². The number of carbonyl (C=O) groups excluding carboxylic acids is 1. The Kier molecular flexibility index (Phi) is 6.44. The molecule has 0 spiro atoms. The van der Waals surface area contributed by atoms with Crippen LogP contribution in [0.4, 0.5) is 5.69 Å². The predicted octanol–water partition coefficient (Wildman–Crippen LogP) is 4.40. The minimum atomic E-state index is -0.0571. The molecule has 0 radical (unpaired) electrons. The fourth-order valence-corrected chi connectivity index (χ4v) is 3.18. The van der Waals surface area contributed by atoms with Gasteiger partial charge in [-0.25, -0.2) is 0 Å². The summed E-state index contributed by atoms with van der Waals surface area (Å²) in [7, 11) is 0. The molecule has 0 saturated carbocycles. The molecular formula is C19H30N2O. The highest BCUT2D eigenvalue weighted by molar-refractivity contribution is 5.95. The molecule has 0 aromatic heterocycles. The number of hydrogen-bond donors (Lipinski definition) is 1. The van der Waals surface area contributed by atoms with E-state index in [0.717, 1.165) is 18.8 Å². The monoisotopic (exact) mass is 302 g/mol. The number of carbonyl (C=O) groups is 1. The Hall–Kier alpha value is -1.35. The van der Waals surface area contributed by atoms with Gasteiger partial charge in [0, 0.05) is 5.69 Å². The summed E-state index contributed by atoms with van der Waals surface area (Å²) < 4.78 is 0. The maximum absolute atomic E-state index is 12.6. The Bertz CT molecular complexity index is 476. The minimum absolute atomic E-state index is 0.0571. The molecule has 3 heteroatoms. The molecule has 1 atom stereocenters. The zero-order chi connectivity index (χ0) is 15.9. The van der Waals surface area contributed by atoms with Crippen molar-refractivity contribution >= 4 is 11.6 Å². The van der Waals surface area contributed by atoms with Crippen molar-refractivity contribution in [2.45, 2.75) is 64.8 Å². The fraction of sp³-hybridized carbons (Fsp3) is 0.632. The van der Waals surface area contributed by atoms with Crippen molar-refractivity contribution in [1.29, 1.82) is 0 Å². The van der Waals surface area contributed by atoms with Crippen LogP contribution in [-0.4, -0.2) is 29.9 Å². The molecule has 1 aliphatic heterocycles. The summed E-state index contributed by atoms with van der Waals surface area (Å²) >= 11 is 0. The Labute approximate surface area is 135 Å². The highest BCUT2D eigenvalue weighted by Crippen LogP contribution is 2.24. The summed E-state index contributed by atoms with van der Waals surface area (Å²) in [5.41, 5.74) is 2.16. The summed E-state index contributed by atoms with van der Waals surface area (Å²) in [5, 5.41) is 3.14. The maximum atomic E-state index is 12.6. The van der Waals surface area contributed by atoms with Crippen LogP contribution in [0.1, 0.15) is 64.4 Å². The predicted molar refractivity (Wildman–Crippen MR) is 93.3 cm³/mol. The first-order valence-corrected chi connectivity index (χ1v) is 8.73. The van der Waals surface area contributed by atoms with E-state index in [0.29, 0.717) is 5.92 Å². The first-order valence-electron chi connectivity index (χ1n) is 8.73. The van der Waals surface area contributed by atoms with Gasteiger partial charge in [-0.15, -0.1) is 0 Å². The average Bonchev–Trinajstić information content (AvgIpc) is 2.46. The lowest BCUT2D eigenvalue weighted by Crippen LogP contribution is -2.43. The van der Waals surface area contributed by atoms with E-state index in [1.807, 2.05) is 25.1 Å². The van der Waals surface area contributed by atoms with Crippen molar-refractivity contribution in [3.8, 4) is 0 Å². The summed E-state index contributed by atoms with van der Waals surface area (Å²) in [5.74, 6) is 0.530. The number of nitrogens with one attached hydrogen (secondary N) is 1. The smallest absolute Gasteiger partial charge is 0.241 e. The Morgan fingerprint density at radius 2 is 1.59 bits per heavy atom. The Morgan fingerprint density at radius 3 is 2.23 bits per heavy atom. The molecular weight excluding hydrogens is 272 g/mol. The Balaban J connectivity index is 2.01. The lowest BCUT2D eigenvalue weighted by atomic mass is 10.0. The van der Waals surface area contributed by atoms with Crippen LogP contribution in [0, 0.1) is 0 Å². The van der Waals surface area contributed by atoms with Gasteiger partial charge in [0.2, 0.25) is 5.91 Å². The largest absolute Gasteiger partial charge is 0.324 e. The number of anilines is 1. The molecule has 1 aromatic rings. The van der Waals surface area contributed by atoms with E-state index in [1.54, 1.807) is 0 Å². The first kappa shape index (κ1) is 17.0. The number of nitrogens with zero attached hydrogens (tertiary/aromatic N) is 1. The molecule has 1 N–H and O–H groups in total. The van der Waals surface area contributed by atoms with Crippen molar-refractivity contribution < 1.29 is 4.79 Å². The van der Waals surface area contributed by atoms with E-state index in [2.05, 4.69) is 30.1 Å². The normalized spacial score (nSPS) is 18.5.